The second-order valence-electron chi connectivity index (χ2n) is 8.06. The van der Waals surface area contributed by atoms with Gasteiger partial charge in [-0.2, -0.15) is 0 Å². The van der Waals surface area contributed by atoms with Gasteiger partial charge in [0.15, 0.2) is 0 Å². The largest absolute Gasteiger partial charge is 0.481 e. The zero-order valence-electron chi connectivity index (χ0n) is 20.1. The molecule has 0 amide bonds. The van der Waals surface area contributed by atoms with Crippen LogP contribution >= 0.6 is 23.2 Å². The van der Waals surface area contributed by atoms with E-state index in [9.17, 15) is 14.7 Å². The predicted octanol–water partition coefficient (Wildman–Crippen LogP) is 4.95. The van der Waals surface area contributed by atoms with Gasteiger partial charge >= 0.3 is 11.9 Å². The number of carboxylic acids is 1. The number of esters is 1. The van der Waals surface area contributed by atoms with Crippen LogP contribution in [0, 0.1) is 5.92 Å². The number of hydrogen-bond donors (Lipinski definition) is 2. The molecule has 0 aliphatic rings. The van der Waals surface area contributed by atoms with Crippen molar-refractivity contribution in [2.24, 2.45) is 5.92 Å². The number of nitrogens with zero attached hydrogens (tertiary/aromatic N) is 2. The minimum atomic E-state index is -0.922. The van der Waals surface area contributed by atoms with E-state index in [0.29, 0.717) is 33.1 Å². The number of benzene rings is 1. The summed E-state index contributed by atoms with van der Waals surface area (Å²) in [4.78, 5) is 32.6. The van der Waals surface area contributed by atoms with Gasteiger partial charge in [-0.3, -0.25) is 4.79 Å². The van der Waals surface area contributed by atoms with Gasteiger partial charge in [0.2, 0.25) is 0 Å². The molecule has 0 spiro atoms. The lowest BCUT2D eigenvalue weighted by Crippen LogP contribution is -2.42. The third-order valence-electron chi connectivity index (χ3n) is 6.37. The van der Waals surface area contributed by atoms with Crippen LogP contribution in [0.1, 0.15) is 50.7 Å². The highest BCUT2D eigenvalue weighted by Crippen LogP contribution is 2.35. The van der Waals surface area contributed by atoms with Crippen molar-refractivity contribution >= 4 is 46.0 Å². The van der Waals surface area contributed by atoms with E-state index in [0.717, 1.165) is 26.2 Å². The van der Waals surface area contributed by atoms with E-state index in [-0.39, 0.29) is 24.8 Å². The molecule has 0 bridgehead atoms. The first-order valence-electron chi connectivity index (χ1n) is 11.5. The number of hydrogen-bond acceptors (Lipinski definition) is 5. The first-order valence-corrected chi connectivity index (χ1v) is 12.3. The number of nitrogens with one attached hydrogen (secondary N) is 1. The molecule has 33 heavy (non-hydrogen) atoms. The zero-order chi connectivity index (χ0) is 24.7. The quantitative estimate of drug-likeness (QED) is 0.379. The summed E-state index contributed by atoms with van der Waals surface area (Å²) >= 11 is 12.7. The number of ether oxygens (including phenoxy) is 1. The highest BCUT2D eigenvalue weighted by atomic mass is 35.5. The van der Waals surface area contributed by atoms with Gasteiger partial charge in [0.1, 0.15) is 12.3 Å². The Morgan fingerprint density at radius 2 is 1.73 bits per heavy atom. The molecule has 9 heteroatoms. The molecule has 0 saturated carbocycles. The number of carbonyl (C=O) groups excluding carboxylic acids is 1. The summed E-state index contributed by atoms with van der Waals surface area (Å²) in [6, 6.07) is 3.05. The molecule has 184 valence electrons. The minimum absolute atomic E-state index is 0.134. The summed E-state index contributed by atoms with van der Waals surface area (Å²) in [7, 11) is 0. The van der Waals surface area contributed by atoms with Crippen LogP contribution in [-0.4, -0.2) is 77.2 Å². The lowest BCUT2D eigenvalue weighted by atomic mass is 9.90. The number of carboxylic acid groups (broad SMARTS) is 1. The Bertz CT molecular complexity index is 955. The summed E-state index contributed by atoms with van der Waals surface area (Å²) in [5, 5.41) is 11.4. The Labute approximate surface area is 206 Å². The van der Waals surface area contributed by atoms with Crippen molar-refractivity contribution < 1.29 is 19.4 Å². The molecular formula is C24H35Cl2N3O4. The van der Waals surface area contributed by atoms with Crippen molar-refractivity contribution in [3.63, 3.8) is 0 Å². The van der Waals surface area contributed by atoms with Crippen molar-refractivity contribution in [3.05, 3.63) is 33.4 Å². The topological polar surface area (TPSA) is 85.9 Å². The monoisotopic (exact) mass is 499 g/mol. The van der Waals surface area contributed by atoms with Gasteiger partial charge in [0, 0.05) is 28.5 Å². The molecule has 7 nitrogen and oxygen atoms in total. The van der Waals surface area contributed by atoms with E-state index >= 15 is 0 Å². The standard InChI is InChI=1S/C24H35Cl2N3O4/c1-6-28(7-2)10-11-33-24(32)22-18(21-19(26)12-16(25)13-20(21)27-22)14-17(23(30)31)15(5)29(8-3)9-4/h12-13,15,17,27H,6-11,14H2,1-5H3,(H,30,31). The summed E-state index contributed by atoms with van der Waals surface area (Å²) in [6.07, 6.45) is 0.134. The van der Waals surface area contributed by atoms with Gasteiger partial charge in [0.25, 0.3) is 0 Å². The van der Waals surface area contributed by atoms with Gasteiger partial charge in [0.05, 0.1) is 10.9 Å². The normalized spacial score (nSPS) is 13.6. The van der Waals surface area contributed by atoms with Crippen LogP contribution in [-0.2, 0) is 16.0 Å². The second kappa shape index (κ2) is 12.6. The van der Waals surface area contributed by atoms with Crippen LogP contribution in [0.15, 0.2) is 12.1 Å². The molecule has 2 unspecified atom stereocenters. The Morgan fingerprint density at radius 1 is 1.09 bits per heavy atom. The van der Waals surface area contributed by atoms with Crippen molar-refractivity contribution in [2.45, 2.75) is 47.1 Å². The van der Waals surface area contributed by atoms with E-state index in [2.05, 4.69) is 28.6 Å². The lowest BCUT2D eigenvalue weighted by molar-refractivity contribution is -0.144. The fourth-order valence-electron chi connectivity index (χ4n) is 4.31. The molecule has 2 rings (SSSR count). The third kappa shape index (κ3) is 6.63. The number of aromatic amines is 1. The number of aromatic nitrogens is 1. The number of likely N-dealkylation sites (N-methyl/N-ethyl adjacent to an activating group) is 1. The molecule has 1 aromatic heterocycles. The SMILES string of the molecule is CCN(CC)CCOC(=O)c1[nH]c2cc(Cl)cc(Cl)c2c1CC(C(=O)O)C(C)N(CC)CC. The molecule has 0 radical (unpaired) electrons. The molecule has 0 aliphatic carbocycles. The van der Waals surface area contributed by atoms with Crippen LogP contribution in [0.2, 0.25) is 10.0 Å². The van der Waals surface area contributed by atoms with Gasteiger partial charge in [-0.05, 0) is 57.2 Å². The molecule has 0 aliphatic heterocycles. The van der Waals surface area contributed by atoms with Crippen molar-refractivity contribution in [3.8, 4) is 0 Å². The molecule has 2 N–H and O–H groups in total. The molecule has 1 aromatic carbocycles. The second-order valence-corrected chi connectivity index (χ2v) is 8.91. The Hall–Kier alpha value is -1.80. The maximum absolute atomic E-state index is 13.1. The summed E-state index contributed by atoms with van der Waals surface area (Å²) in [5.74, 6) is -2.19. The molecule has 2 atom stereocenters. The minimum Gasteiger partial charge on any atom is -0.481 e. The number of halogens is 2. The smallest absolute Gasteiger partial charge is 0.355 e. The fraction of sp³-hybridized carbons (Fsp3) is 0.583. The van der Waals surface area contributed by atoms with Crippen LogP contribution in [0.5, 0.6) is 0 Å². The number of H-pyrrole nitrogens is 1. The maximum atomic E-state index is 13.1. The summed E-state index contributed by atoms with van der Waals surface area (Å²) in [6.45, 7) is 14.1. The summed E-state index contributed by atoms with van der Waals surface area (Å²) in [5.41, 5.74) is 1.36. The van der Waals surface area contributed by atoms with Crippen LogP contribution in [0.4, 0.5) is 0 Å². The average Bonchev–Trinajstić information content (AvgIpc) is 3.13. The van der Waals surface area contributed by atoms with E-state index in [1.165, 1.54) is 0 Å². The number of carbonyl (C=O) groups is 2. The Kier molecular flexibility index (Phi) is 10.5. The molecule has 1 heterocycles. The molecule has 0 saturated heterocycles. The van der Waals surface area contributed by atoms with Crippen LogP contribution in [0.3, 0.4) is 0 Å². The van der Waals surface area contributed by atoms with E-state index in [1.54, 1.807) is 12.1 Å². The lowest BCUT2D eigenvalue weighted by Gasteiger charge is -2.31. The van der Waals surface area contributed by atoms with E-state index < -0.39 is 17.9 Å². The first-order chi connectivity index (χ1) is 15.7. The highest BCUT2D eigenvalue weighted by molar-refractivity contribution is 6.39. The third-order valence-corrected chi connectivity index (χ3v) is 6.89. The summed E-state index contributed by atoms with van der Waals surface area (Å²) < 4.78 is 5.55. The molecule has 0 fully saturated rings. The maximum Gasteiger partial charge on any atom is 0.355 e. The van der Waals surface area contributed by atoms with Gasteiger partial charge < -0.3 is 24.6 Å². The van der Waals surface area contributed by atoms with Crippen molar-refractivity contribution in [1.29, 1.82) is 0 Å². The van der Waals surface area contributed by atoms with E-state index in [4.69, 9.17) is 27.9 Å². The number of fused-ring (bicyclic) bond motifs is 1. The van der Waals surface area contributed by atoms with E-state index in [1.807, 2.05) is 20.8 Å². The van der Waals surface area contributed by atoms with Gasteiger partial charge in [-0.1, -0.05) is 50.9 Å². The Morgan fingerprint density at radius 3 is 2.27 bits per heavy atom. The predicted molar refractivity (Wildman–Crippen MR) is 134 cm³/mol. The average molecular weight is 500 g/mol. The van der Waals surface area contributed by atoms with Crippen molar-refractivity contribution in [1.82, 2.24) is 14.8 Å². The highest BCUT2D eigenvalue weighted by Gasteiger charge is 2.32. The van der Waals surface area contributed by atoms with Crippen LogP contribution < -0.4 is 0 Å². The number of rotatable bonds is 13. The first kappa shape index (κ1) is 27.4. The Balaban J connectivity index is 2.46. The molecule has 2 aromatic rings. The zero-order valence-corrected chi connectivity index (χ0v) is 21.6. The fourth-order valence-corrected chi connectivity index (χ4v) is 4.92. The van der Waals surface area contributed by atoms with Gasteiger partial charge in [-0.15, -0.1) is 0 Å². The molecular weight excluding hydrogens is 465 g/mol. The number of aliphatic carboxylic acids is 1. The van der Waals surface area contributed by atoms with Gasteiger partial charge in [-0.25, -0.2) is 4.79 Å². The van der Waals surface area contributed by atoms with Crippen molar-refractivity contribution in [2.75, 3.05) is 39.3 Å². The van der Waals surface area contributed by atoms with Crippen LogP contribution in [0.25, 0.3) is 10.9 Å².